The minimum Gasteiger partial charge on any atom is -0.493 e. The molecule has 1 saturated heterocycles. The average molecular weight is 373 g/mol. The molecule has 140 valence electrons. The number of carboxylic acids is 1. The van der Waals surface area contributed by atoms with Crippen LogP contribution in [-0.2, 0) is 4.79 Å². The number of ether oxygens (including phenoxy) is 3. The highest BCUT2D eigenvalue weighted by atomic mass is 35.5. The number of nitrogens with one attached hydrogen (secondary N) is 1. The van der Waals surface area contributed by atoms with Gasteiger partial charge in [-0.15, -0.1) is 12.4 Å². The third-order valence-electron chi connectivity index (χ3n) is 4.45. The maximum atomic E-state index is 10.7. The normalized spacial score (nSPS) is 21.8. The Balaban J connectivity index is 0.00000225. The molecule has 0 radical (unpaired) electrons. The van der Waals surface area contributed by atoms with Gasteiger partial charge in [-0.05, 0) is 31.9 Å². The molecule has 0 bridgehead atoms. The second kappa shape index (κ2) is 8.60. The van der Waals surface area contributed by atoms with Crippen molar-refractivity contribution < 1.29 is 24.1 Å². The van der Waals surface area contributed by atoms with Gasteiger partial charge in [-0.1, -0.05) is 0 Å². The Labute approximate surface area is 153 Å². The molecule has 1 unspecified atom stereocenters. The van der Waals surface area contributed by atoms with Crippen molar-refractivity contribution in [3.05, 3.63) is 18.2 Å². The Hall–Kier alpha value is -1.70. The van der Waals surface area contributed by atoms with E-state index >= 15 is 0 Å². The Morgan fingerprint density at radius 3 is 3.00 bits per heavy atom. The second-order valence-electron chi connectivity index (χ2n) is 6.55. The van der Waals surface area contributed by atoms with E-state index in [0.717, 1.165) is 49.7 Å². The number of rotatable bonds is 8. The number of likely N-dealkylation sites (tertiary alicyclic amines) is 1. The fourth-order valence-corrected chi connectivity index (χ4v) is 3.13. The van der Waals surface area contributed by atoms with E-state index in [1.807, 2.05) is 18.2 Å². The van der Waals surface area contributed by atoms with Gasteiger partial charge in [0.1, 0.15) is 5.75 Å². The third kappa shape index (κ3) is 5.39. The molecule has 1 atom stereocenters. The van der Waals surface area contributed by atoms with Crippen LogP contribution in [0, 0.1) is 0 Å². The van der Waals surface area contributed by atoms with Crippen LogP contribution in [0.25, 0.3) is 0 Å². The topological polar surface area (TPSA) is 80.3 Å². The van der Waals surface area contributed by atoms with Gasteiger partial charge >= 0.3 is 5.97 Å². The number of aliphatic carboxylic acids is 1. The highest BCUT2D eigenvalue weighted by Crippen LogP contribution is 2.35. The van der Waals surface area contributed by atoms with Gasteiger partial charge in [0.2, 0.25) is 6.79 Å². The summed E-state index contributed by atoms with van der Waals surface area (Å²) in [5.41, 5.74) is -0.115. The number of nitrogens with zero attached hydrogens (tertiary/aromatic N) is 1. The highest BCUT2D eigenvalue weighted by molar-refractivity contribution is 5.85. The van der Waals surface area contributed by atoms with E-state index in [2.05, 4.69) is 17.1 Å². The van der Waals surface area contributed by atoms with Gasteiger partial charge in [-0.2, -0.15) is 0 Å². The number of benzene rings is 1. The predicted molar refractivity (Wildman–Crippen MR) is 95.0 cm³/mol. The molecule has 0 saturated carbocycles. The van der Waals surface area contributed by atoms with Crippen LogP contribution in [-0.4, -0.2) is 61.1 Å². The standard InChI is InChI=1S/C17H24N2O5.ClH/c1-17(18-10-16(20)21)5-7-19(11-17)6-2-8-22-13-3-4-14-15(9-13)24-12-23-14;/h3-4,9,18H,2,5-8,10-12H2,1H3,(H,20,21);1H. The zero-order valence-electron chi connectivity index (χ0n) is 14.3. The van der Waals surface area contributed by atoms with Gasteiger partial charge in [-0.25, -0.2) is 0 Å². The lowest BCUT2D eigenvalue weighted by atomic mass is 10.0. The van der Waals surface area contributed by atoms with Crippen LogP contribution < -0.4 is 19.5 Å². The molecule has 1 fully saturated rings. The SMILES string of the molecule is CC1(NCC(=O)O)CCN(CCCOc2ccc3c(c2)OCO3)C1.Cl. The molecule has 2 aliphatic heterocycles. The van der Waals surface area contributed by atoms with Crippen LogP contribution in [0.3, 0.4) is 0 Å². The lowest BCUT2D eigenvalue weighted by Gasteiger charge is -2.25. The summed E-state index contributed by atoms with van der Waals surface area (Å²) >= 11 is 0. The van der Waals surface area contributed by atoms with Gasteiger partial charge in [0, 0.05) is 31.2 Å². The molecular weight excluding hydrogens is 348 g/mol. The maximum Gasteiger partial charge on any atom is 0.317 e. The first-order valence-electron chi connectivity index (χ1n) is 8.26. The molecule has 0 aromatic heterocycles. The number of carboxylic acid groups (broad SMARTS) is 1. The monoisotopic (exact) mass is 372 g/mol. The lowest BCUT2D eigenvalue weighted by Crippen LogP contribution is -2.47. The zero-order valence-corrected chi connectivity index (χ0v) is 15.1. The predicted octanol–water partition coefficient (Wildman–Crippen LogP) is 1.74. The molecule has 0 aliphatic carbocycles. The molecular formula is C17H25ClN2O5. The summed E-state index contributed by atoms with van der Waals surface area (Å²) < 4.78 is 16.4. The number of hydrogen-bond acceptors (Lipinski definition) is 6. The van der Waals surface area contributed by atoms with Crippen molar-refractivity contribution >= 4 is 18.4 Å². The van der Waals surface area contributed by atoms with Gasteiger partial charge in [0.15, 0.2) is 11.5 Å². The van der Waals surface area contributed by atoms with E-state index < -0.39 is 5.97 Å². The Morgan fingerprint density at radius 2 is 2.20 bits per heavy atom. The molecule has 7 nitrogen and oxygen atoms in total. The Morgan fingerprint density at radius 1 is 1.40 bits per heavy atom. The fraction of sp³-hybridized carbons (Fsp3) is 0.588. The minimum atomic E-state index is -0.813. The first-order valence-corrected chi connectivity index (χ1v) is 8.26. The van der Waals surface area contributed by atoms with Crippen molar-refractivity contribution in [3.63, 3.8) is 0 Å². The van der Waals surface area contributed by atoms with Crippen LogP contribution in [0.4, 0.5) is 0 Å². The summed E-state index contributed by atoms with van der Waals surface area (Å²) in [6.07, 6.45) is 1.88. The van der Waals surface area contributed by atoms with E-state index in [4.69, 9.17) is 19.3 Å². The summed E-state index contributed by atoms with van der Waals surface area (Å²) in [6.45, 7) is 5.78. The van der Waals surface area contributed by atoms with E-state index in [1.54, 1.807) is 0 Å². The van der Waals surface area contributed by atoms with E-state index in [-0.39, 0.29) is 31.3 Å². The minimum absolute atomic E-state index is 0. The van der Waals surface area contributed by atoms with Crippen molar-refractivity contribution in [3.8, 4) is 17.2 Å². The summed E-state index contributed by atoms with van der Waals surface area (Å²) in [4.78, 5) is 13.0. The molecule has 8 heteroatoms. The van der Waals surface area contributed by atoms with E-state index in [9.17, 15) is 4.79 Å². The van der Waals surface area contributed by atoms with Crippen LogP contribution in [0.5, 0.6) is 17.2 Å². The fourth-order valence-electron chi connectivity index (χ4n) is 3.13. The van der Waals surface area contributed by atoms with Gasteiger partial charge < -0.3 is 29.5 Å². The van der Waals surface area contributed by atoms with Gasteiger partial charge in [0.05, 0.1) is 13.2 Å². The number of fused-ring (bicyclic) bond motifs is 1. The van der Waals surface area contributed by atoms with Crippen molar-refractivity contribution in [2.45, 2.75) is 25.3 Å². The highest BCUT2D eigenvalue weighted by Gasteiger charge is 2.33. The van der Waals surface area contributed by atoms with Crippen LogP contribution in [0.2, 0.25) is 0 Å². The third-order valence-corrected chi connectivity index (χ3v) is 4.45. The summed E-state index contributed by atoms with van der Waals surface area (Å²) in [7, 11) is 0. The van der Waals surface area contributed by atoms with Crippen LogP contribution >= 0.6 is 12.4 Å². The van der Waals surface area contributed by atoms with Gasteiger partial charge in [0.25, 0.3) is 0 Å². The molecule has 25 heavy (non-hydrogen) atoms. The molecule has 0 spiro atoms. The van der Waals surface area contributed by atoms with Crippen molar-refractivity contribution in [2.75, 3.05) is 39.6 Å². The smallest absolute Gasteiger partial charge is 0.317 e. The molecule has 1 aromatic rings. The molecule has 2 heterocycles. The molecule has 1 aromatic carbocycles. The molecule has 2 aliphatic rings. The van der Waals surface area contributed by atoms with Crippen molar-refractivity contribution in [1.29, 1.82) is 0 Å². The van der Waals surface area contributed by atoms with Gasteiger partial charge in [-0.3, -0.25) is 4.79 Å². The zero-order chi connectivity index (χ0) is 17.0. The molecule has 3 rings (SSSR count). The largest absolute Gasteiger partial charge is 0.493 e. The average Bonchev–Trinajstić information content (AvgIpc) is 3.16. The van der Waals surface area contributed by atoms with E-state index in [1.165, 1.54) is 0 Å². The Bertz CT molecular complexity index is 600. The van der Waals surface area contributed by atoms with Crippen molar-refractivity contribution in [1.82, 2.24) is 10.2 Å². The maximum absolute atomic E-state index is 10.7. The quantitative estimate of drug-likeness (QED) is 0.673. The van der Waals surface area contributed by atoms with Crippen LogP contribution in [0.1, 0.15) is 19.8 Å². The molecule has 0 amide bonds. The Kier molecular flexibility index (Phi) is 6.75. The number of carbonyl (C=O) groups is 1. The first-order chi connectivity index (χ1) is 11.5. The summed E-state index contributed by atoms with van der Waals surface area (Å²) in [5, 5.41) is 11.9. The lowest BCUT2D eigenvalue weighted by molar-refractivity contribution is -0.136. The van der Waals surface area contributed by atoms with Crippen LogP contribution in [0.15, 0.2) is 18.2 Å². The summed E-state index contributed by atoms with van der Waals surface area (Å²) in [5.74, 6) is 1.46. The first kappa shape index (κ1) is 19.6. The van der Waals surface area contributed by atoms with Crippen molar-refractivity contribution in [2.24, 2.45) is 0 Å². The molecule has 2 N–H and O–H groups in total. The number of hydrogen-bond donors (Lipinski definition) is 2. The number of halogens is 1. The summed E-state index contributed by atoms with van der Waals surface area (Å²) in [6, 6.07) is 5.60. The van der Waals surface area contributed by atoms with E-state index in [0.29, 0.717) is 6.61 Å². The second-order valence-corrected chi connectivity index (χ2v) is 6.55.